The lowest BCUT2D eigenvalue weighted by Crippen LogP contribution is -2.72. The van der Waals surface area contributed by atoms with E-state index in [0.717, 1.165) is 44.5 Å². The molecular formula is C22H31NO3. The molecule has 0 aromatic carbocycles. The highest BCUT2D eigenvalue weighted by Crippen LogP contribution is 2.86. The monoisotopic (exact) mass is 357 g/mol. The minimum absolute atomic E-state index is 0.134. The van der Waals surface area contributed by atoms with Gasteiger partial charge in [0, 0.05) is 29.8 Å². The quantitative estimate of drug-likeness (QED) is 0.653. The van der Waals surface area contributed by atoms with E-state index in [9.17, 15) is 10.2 Å². The largest absolute Gasteiger partial charge is 0.392 e. The minimum Gasteiger partial charge on any atom is -0.392 e. The second-order valence-electron chi connectivity index (χ2n) is 11.1. The maximum Gasteiger partial charge on any atom is 0.131 e. The number of hydrogen-bond acceptors (Lipinski definition) is 4. The molecule has 4 unspecified atom stereocenters. The lowest BCUT2D eigenvalue weighted by atomic mass is 9.38. The zero-order chi connectivity index (χ0) is 17.7. The van der Waals surface area contributed by atoms with Crippen molar-refractivity contribution in [3.8, 4) is 0 Å². The zero-order valence-electron chi connectivity index (χ0n) is 15.8. The molecule has 6 saturated carbocycles. The van der Waals surface area contributed by atoms with Crippen LogP contribution in [-0.2, 0) is 4.74 Å². The fraction of sp³-hybridized carbons (Fsp3) is 0.909. The van der Waals surface area contributed by atoms with Crippen molar-refractivity contribution in [2.24, 2.45) is 39.9 Å². The van der Waals surface area contributed by atoms with Gasteiger partial charge >= 0.3 is 0 Å². The van der Waals surface area contributed by atoms with Crippen LogP contribution in [0.25, 0.3) is 0 Å². The van der Waals surface area contributed by atoms with Gasteiger partial charge in [0.2, 0.25) is 0 Å². The van der Waals surface area contributed by atoms with E-state index in [-0.39, 0.29) is 22.5 Å². The molecule has 2 N–H and O–H groups in total. The Morgan fingerprint density at radius 3 is 2.77 bits per heavy atom. The second kappa shape index (κ2) is 4.12. The number of fused-ring (bicyclic) bond motifs is 1. The van der Waals surface area contributed by atoms with E-state index in [0.29, 0.717) is 17.8 Å². The van der Waals surface area contributed by atoms with E-state index < -0.39 is 17.6 Å². The Bertz CT molecular complexity index is 739. The van der Waals surface area contributed by atoms with Gasteiger partial charge in [-0.3, -0.25) is 4.90 Å². The highest BCUT2D eigenvalue weighted by Gasteiger charge is 2.90. The molecule has 2 saturated heterocycles. The van der Waals surface area contributed by atoms with Crippen molar-refractivity contribution < 1.29 is 14.9 Å². The van der Waals surface area contributed by atoms with Crippen LogP contribution in [0.1, 0.15) is 45.4 Å². The van der Waals surface area contributed by atoms with Crippen molar-refractivity contribution in [2.75, 3.05) is 19.7 Å². The average Bonchev–Trinajstić information content (AvgIpc) is 3.04. The number of ether oxygens (including phenoxy) is 1. The van der Waals surface area contributed by atoms with Gasteiger partial charge in [0.15, 0.2) is 0 Å². The van der Waals surface area contributed by atoms with E-state index in [1.54, 1.807) is 0 Å². The molecule has 6 aliphatic carbocycles. The van der Waals surface area contributed by atoms with Gasteiger partial charge in [0.05, 0.1) is 18.8 Å². The molecule has 0 aromatic rings. The number of rotatable bonds is 0. The SMILES string of the molecule is C=C1[C@H]2CC3C45OCCN4C[C@]4(C)CCC[C@@]56C4C[C@@H](O)[C@@]3(C6C2)[C@@H]1O. The predicted octanol–water partition coefficient (Wildman–Crippen LogP) is 2.16. The maximum atomic E-state index is 11.6. The number of piperidine rings is 1. The molecule has 10 atom stereocenters. The summed E-state index contributed by atoms with van der Waals surface area (Å²) in [7, 11) is 0. The maximum absolute atomic E-state index is 11.6. The van der Waals surface area contributed by atoms with E-state index in [1.807, 2.05) is 0 Å². The third kappa shape index (κ3) is 1.14. The van der Waals surface area contributed by atoms with E-state index in [1.165, 1.54) is 19.3 Å². The van der Waals surface area contributed by atoms with Crippen LogP contribution in [0.15, 0.2) is 12.2 Å². The summed E-state index contributed by atoms with van der Waals surface area (Å²) in [5.74, 6) is 1.62. The van der Waals surface area contributed by atoms with Gasteiger partial charge in [-0.2, -0.15) is 0 Å². The number of nitrogens with zero attached hydrogens (tertiary/aromatic N) is 1. The first kappa shape index (κ1) is 15.5. The molecule has 8 aliphatic rings. The average molecular weight is 357 g/mol. The lowest BCUT2D eigenvalue weighted by Gasteiger charge is -2.69. The van der Waals surface area contributed by atoms with Gasteiger partial charge in [-0.15, -0.1) is 0 Å². The summed E-state index contributed by atoms with van der Waals surface area (Å²) in [5.41, 5.74) is 0.791. The Hall–Kier alpha value is -0.420. The third-order valence-corrected chi connectivity index (χ3v) is 10.9. The van der Waals surface area contributed by atoms with Crippen LogP contribution < -0.4 is 0 Å². The van der Waals surface area contributed by atoms with Gasteiger partial charge in [-0.1, -0.05) is 19.9 Å². The molecule has 4 nitrogen and oxygen atoms in total. The molecule has 2 heterocycles. The summed E-state index contributed by atoms with van der Waals surface area (Å²) in [6, 6.07) is 0. The second-order valence-corrected chi connectivity index (χ2v) is 11.1. The fourth-order valence-electron chi connectivity index (χ4n) is 10.6. The van der Waals surface area contributed by atoms with Crippen LogP contribution in [0, 0.1) is 39.9 Å². The topological polar surface area (TPSA) is 52.9 Å². The molecular weight excluding hydrogens is 326 g/mol. The Labute approximate surface area is 155 Å². The first-order chi connectivity index (χ1) is 12.4. The van der Waals surface area contributed by atoms with E-state index in [2.05, 4.69) is 18.4 Å². The first-order valence-electron chi connectivity index (χ1n) is 10.9. The number of hydrogen-bond donors (Lipinski definition) is 2. The summed E-state index contributed by atoms with van der Waals surface area (Å²) in [6.07, 6.45) is 5.87. The molecule has 8 fully saturated rings. The highest BCUT2D eigenvalue weighted by atomic mass is 16.5. The van der Waals surface area contributed by atoms with Crippen molar-refractivity contribution in [3.63, 3.8) is 0 Å². The van der Waals surface area contributed by atoms with Crippen molar-refractivity contribution >= 4 is 0 Å². The molecule has 3 spiro atoms. The molecule has 8 rings (SSSR count). The van der Waals surface area contributed by atoms with Crippen molar-refractivity contribution in [1.82, 2.24) is 4.90 Å². The van der Waals surface area contributed by atoms with Gasteiger partial charge in [0.25, 0.3) is 0 Å². The van der Waals surface area contributed by atoms with Crippen molar-refractivity contribution in [2.45, 2.75) is 63.4 Å². The van der Waals surface area contributed by atoms with Crippen LogP contribution in [0.5, 0.6) is 0 Å². The Kier molecular flexibility index (Phi) is 2.46. The normalized spacial score (nSPS) is 67.6. The van der Waals surface area contributed by atoms with Crippen LogP contribution in [0.4, 0.5) is 0 Å². The zero-order valence-corrected chi connectivity index (χ0v) is 15.8. The summed E-state index contributed by atoms with van der Waals surface area (Å²) in [6.45, 7) is 9.75. The van der Waals surface area contributed by atoms with Gasteiger partial charge in [0.1, 0.15) is 5.72 Å². The predicted molar refractivity (Wildman–Crippen MR) is 96.0 cm³/mol. The molecule has 2 aliphatic heterocycles. The molecule has 6 bridgehead atoms. The fourth-order valence-corrected chi connectivity index (χ4v) is 10.6. The number of aliphatic hydroxyl groups excluding tert-OH is 2. The Morgan fingerprint density at radius 1 is 1.12 bits per heavy atom. The molecule has 0 amide bonds. The summed E-state index contributed by atoms with van der Waals surface area (Å²) in [5, 5.41) is 23.1. The van der Waals surface area contributed by atoms with Gasteiger partial charge in [-0.05, 0) is 60.8 Å². The lowest BCUT2D eigenvalue weighted by molar-refractivity contribution is -0.285. The smallest absolute Gasteiger partial charge is 0.131 e. The van der Waals surface area contributed by atoms with Crippen LogP contribution >= 0.6 is 0 Å². The molecule has 4 heteroatoms. The van der Waals surface area contributed by atoms with E-state index >= 15 is 0 Å². The van der Waals surface area contributed by atoms with Crippen molar-refractivity contribution in [1.29, 1.82) is 0 Å². The molecule has 0 aromatic heterocycles. The molecule has 142 valence electrons. The van der Waals surface area contributed by atoms with Crippen LogP contribution in [0.2, 0.25) is 0 Å². The summed E-state index contributed by atoms with van der Waals surface area (Å²) < 4.78 is 6.84. The minimum atomic E-state index is -0.547. The number of aliphatic hydroxyl groups is 2. The van der Waals surface area contributed by atoms with Gasteiger partial charge in [-0.25, -0.2) is 0 Å². The Balaban J connectivity index is 1.58. The van der Waals surface area contributed by atoms with Crippen LogP contribution in [0.3, 0.4) is 0 Å². The summed E-state index contributed by atoms with van der Waals surface area (Å²) in [4.78, 5) is 2.70. The summed E-state index contributed by atoms with van der Waals surface area (Å²) >= 11 is 0. The highest BCUT2D eigenvalue weighted by molar-refractivity contribution is 5.41. The van der Waals surface area contributed by atoms with E-state index in [4.69, 9.17) is 4.74 Å². The molecule has 0 radical (unpaired) electrons. The van der Waals surface area contributed by atoms with Crippen LogP contribution in [-0.4, -0.2) is 52.7 Å². The standard InChI is InChI=1S/C22H31NO3/c1-12-13-8-15-20-5-3-4-19(2)11-23-6-7-26-22(20,23)16(9-13)21(15,18(12)25)17(24)10-14(19)20/h13-18,24-25H,1,3-11H2,2H3/t13-,14?,15?,16?,17-,18-,19+,20+,21+,22?/m1/s1. The van der Waals surface area contributed by atoms with Crippen molar-refractivity contribution in [3.05, 3.63) is 12.2 Å². The first-order valence-corrected chi connectivity index (χ1v) is 10.9. The Morgan fingerprint density at radius 2 is 1.92 bits per heavy atom. The van der Waals surface area contributed by atoms with Gasteiger partial charge < -0.3 is 14.9 Å². The molecule has 26 heavy (non-hydrogen) atoms. The third-order valence-electron chi connectivity index (χ3n) is 10.9.